The molecule has 4 rings (SSSR count). The molecule has 9 heteroatoms. The van der Waals surface area contributed by atoms with Crippen LogP contribution >= 0.6 is 11.3 Å². The lowest BCUT2D eigenvalue weighted by atomic mass is 9.96. The van der Waals surface area contributed by atoms with E-state index in [1.54, 1.807) is 0 Å². The number of amides is 1. The number of fused-ring (bicyclic) bond motifs is 1. The Morgan fingerprint density at radius 1 is 1.21 bits per heavy atom. The lowest BCUT2D eigenvalue weighted by molar-refractivity contribution is -0.120. The van der Waals surface area contributed by atoms with Crippen molar-refractivity contribution >= 4 is 33.8 Å². The molecule has 148 valence electrons. The summed E-state index contributed by atoms with van der Waals surface area (Å²) in [7, 11) is 0. The molecule has 3 aromatic rings. The molecule has 1 fully saturated rings. The highest BCUT2D eigenvalue weighted by molar-refractivity contribution is 7.15. The molecule has 1 aliphatic rings. The number of aryl methyl sites for hydroxylation is 2. The summed E-state index contributed by atoms with van der Waals surface area (Å²) in [5.74, 6) is 2.09. The van der Waals surface area contributed by atoms with Gasteiger partial charge in [-0.3, -0.25) is 4.79 Å². The molecule has 1 saturated heterocycles. The average Bonchev–Trinajstić information content (AvgIpc) is 3.24. The molecular weight excluding hydrogens is 374 g/mol. The molecule has 1 aliphatic heterocycles. The standard InChI is InChI=1S/C19H25N7OS/c1-11(2)17-23-22-15-5-6-16(24-26(15)17)25-9-7-14(8-10-25)18(27)21-19-20-12(3)13(4)28-19/h5-6,11,14H,7-10H2,1-4H3,(H,20,21,27). The lowest BCUT2D eigenvalue weighted by Gasteiger charge is -2.31. The third kappa shape index (κ3) is 3.58. The van der Waals surface area contributed by atoms with Crippen molar-refractivity contribution in [2.24, 2.45) is 5.92 Å². The van der Waals surface area contributed by atoms with E-state index in [2.05, 4.69) is 39.2 Å². The molecular formula is C19H25N7OS. The molecule has 0 bridgehead atoms. The summed E-state index contributed by atoms with van der Waals surface area (Å²) in [4.78, 5) is 20.4. The number of nitrogens with zero attached hydrogens (tertiary/aromatic N) is 6. The summed E-state index contributed by atoms with van der Waals surface area (Å²) in [5, 5.41) is 16.8. The Morgan fingerprint density at radius 3 is 2.61 bits per heavy atom. The summed E-state index contributed by atoms with van der Waals surface area (Å²) in [6.45, 7) is 9.74. The van der Waals surface area contributed by atoms with Crippen LogP contribution in [0.2, 0.25) is 0 Å². The highest BCUT2D eigenvalue weighted by Gasteiger charge is 2.27. The highest BCUT2D eigenvalue weighted by Crippen LogP contribution is 2.26. The Morgan fingerprint density at radius 2 is 1.96 bits per heavy atom. The second-order valence-corrected chi connectivity index (χ2v) is 8.79. The van der Waals surface area contributed by atoms with E-state index in [1.165, 1.54) is 11.3 Å². The third-order valence-corrected chi connectivity index (χ3v) is 6.23. The maximum Gasteiger partial charge on any atom is 0.229 e. The number of anilines is 2. The van der Waals surface area contributed by atoms with E-state index in [1.807, 2.05) is 30.5 Å². The van der Waals surface area contributed by atoms with Crippen LogP contribution in [-0.2, 0) is 4.79 Å². The van der Waals surface area contributed by atoms with Crippen LogP contribution in [0.15, 0.2) is 12.1 Å². The van der Waals surface area contributed by atoms with Crippen molar-refractivity contribution in [1.29, 1.82) is 0 Å². The first-order chi connectivity index (χ1) is 13.4. The van der Waals surface area contributed by atoms with Crippen molar-refractivity contribution in [3.8, 4) is 0 Å². The van der Waals surface area contributed by atoms with Gasteiger partial charge in [0.05, 0.1) is 5.69 Å². The molecule has 4 heterocycles. The van der Waals surface area contributed by atoms with Gasteiger partial charge in [-0.05, 0) is 38.8 Å². The zero-order valence-electron chi connectivity index (χ0n) is 16.6. The summed E-state index contributed by atoms with van der Waals surface area (Å²) in [6, 6.07) is 3.93. The Hall–Kier alpha value is -2.55. The van der Waals surface area contributed by atoms with E-state index in [9.17, 15) is 4.79 Å². The molecule has 8 nitrogen and oxygen atoms in total. The first-order valence-electron chi connectivity index (χ1n) is 9.64. The number of piperidine rings is 1. The minimum Gasteiger partial charge on any atom is -0.355 e. The van der Waals surface area contributed by atoms with E-state index < -0.39 is 0 Å². The van der Waals surface area contributed by atoms with Gasteiger partial charge in [-0.2, -0.15) is 4.52 Å². The molecule has 0 saturated carbocycles. The van der Waals surface area contributed by atoms with Gasteiger partial charge in [-0.25, -0.2) is 4.98 Å². The van der Waals surface area contributed by atoms with E-state index in [0.717, 1.165) is 53.8 Å². The predicted octanol–water partition coefficient (Wildman–Crippen LogP) is 3.18. The van der Waals surface area contributed by atoms with E-state index in [4.69, 9.17) is 5.10 Å². The minimum atomic E-state index is 0.00521. The van der Waals surface area contributed by atoms with Gasteiger partial charge in [0.25, 0.3) is 0 Å². The average molecular weight is 400 g/mol. The normalized spacial score (nSPS) is 15.5. The number of aromatic nitrogens is 5. The maximum atomic E-state index is 12.6. The van der Waals surface area contributed by atoms with Gasteiger partial charge in [0, 0.05) is 29.8 Å². The molecule has 28 heavy (non-hydrogen) atoms. The lowest BCUT2D eigenvalue weighted by Crippen LogP contribution is -2.38. The Kier molecular flexibility index (Phi) is 5.01. The number of rotatable bonds is 4. The smallest absolute Gasteiger partial charge is 0.229 e. The van der Waals surface area contributed by atoms with Crippen LogP contribution in [0.4, 0.5) is 10.9 Å². The number of hydrogen-bond acceptors (Lipinski definition) is 7. The topological polar surface area (TPSA) is 88.3 Å². The fraction of sp³-hybridized carbons (Fsp3) is 0.526. The molecule has 0 radical (unpaired) electrons. The molecule has 0 atom stereocenters. The van der Waals surface area contributed by atoms with E-state index in [0.29, 0.717) is 5.13 Å². The van der Waals surface area contributed by atoms with Gasteiger partial charge in [-0.1, -0.05) is 13.8 Å². The van der Waals surface area contributed by atoms with Gasteiger partial charge >= 0.3 is 0 Å². The molecule has 1 N–H and O–H groups in total. The van der Waals surface area contributed by atoms with E-state index >= 15 is 0 Å². The van der Waals surface area contributed by atoms with Crippen molar-refractivity contribution in [1.82, 2.24) is 24.8 Å². The number of nitrogens with one attached hydrogen (secondary N) is 1. The fourth-order valence-corrected chi connectivity index (χ4v) is 4.25. The summed E-state index contributed by atoms with van der Waals surface area (Å²) in [6.07, 6.45) is 1.60. The zero-order chi connectivity index (χ0) is 19.8. The van der Waals surface area contributed by atoms with Crippen molar-refractivity contribution in [2.75, 3.05) is 23.3 Å². The fourth-order valence-electron chi connectivity index (χ4n) is 3.43. The Bertz CT molecular complexity index is 982. The highest BCUT2D eigenvalue weighted by atomic mass is 32.1. The molecule has 0 spiro atoms. The van der Waals surface area contributed by atoms with Crippen LogP contribution < -0.4 is 10.2 Å². The second kappa shape index (κ2) is 7.46. The van der Waals surface area contributed by atoms with Crippen molar-refractivity contribution < 1.29 is 4.79 Å². The molecule has 0 unspecified atom stereocenters. The SMILES string of the molecule is Cc1nc(NC(=O)C2CCN(c3ccc4nnc(C(C)C)n4n3)CC2)sc1C. The second-order valence-electron chi connectivity index (χ2n) is 7.59. The maximum absolute atomic E-state index is 12.6. The predicted molar refractivity (Wildman–Crippen MR) is 110 cm³/mol. The first-order valence-corrected chi connectivity index (χ1v) is 10.5. The summed E-state index contributed by atoms with van der Waals surface area (Å²) < 4.78 is 1.83. The van der Waals surface area contributed by atoms with Crippen LogP contribution in [0.1, 0.15) is 49.0 Å². The Labute approximate surface area is 168 Å². The number of thiazole rings is 1. The van der Waals surface area contributed by atoms with Crippen molar-refractivity contribution in [3.05, 3.63) is 28.5 Å². The van der Waals surface area contributed by atoms with Gasteiger partial charge in [-0.15, -0.1) is 26.6 Å². The zero-order valence-corrected chi connectivity index (χ0v) is 17.5. The summed E-state index contributed by atoms with van der Waals surface area (Å²) >= 11 is 1.53. The largest absolute Gasteiger partial charge is 0.355 e. The molecule has 3 aromatic heterocycles. The Balaban J connectivity index is 1.41. The van der Waals surface area contributed by atoms with Crippen LogP contribution in [-0.4, -0.2) is 43.8 Å². The monoisotopic (exact) mass is 399 g/mol. The number of carbonyl (C=O) groups excluding carboxylic acids is 1. The van der Waals surface area contributed by atoms with Crippen LogP contribution in [0, 0.1) is 19.8 Å². The van der Waals surface area contributed by atoms with Crippen LogP contribution in [0.3, 0.4) is 0 Å². The summed E-state index contributed by atoms with van der Waals surface area (Å²) in [5.41, 5.74) is 1.74. The van der Waals surface area contributed by atoms with Crippen LogP contribution in [0.5, 0.6) is 0 Å². The third-order valence-electron chi connectivity index (χ3n) is 5.24. The quantitative estimate of drug-likeness (QED) is 0.725. The minimum absolute atomic E-state index is 0.00521. The molecule has 0 aliphatic carbocycles. The van der Waals surface area contributed by atoms with Gasteiger partial charge in [0.1, 0.15) is 5.82 Å². The van der Waals surface area contributed by atoms with Crippen molar-refractivity contribution in [3.63, 3.8) is 0 Å². The molecule has 0 aromatic carbocycles. The number of hydrogen-bond donors (Lipinski definition) is 1. The van der Waals surface area contributed by atoms with Crippen molar-refractivity contribution in [2.45, 2.75) is 46.5 Å². The van der Waals surface area contributed by atoms with Gasteiger partial charge < -0.3 is 10.2 Å². The first kappa shape index (κ1) is 18.8. The van der Waals surface area contributed by atoms with Gasteiger partial charge in [0.2, 0.25) is 5.91 Å². The van der Waals surface area contributed by atoms with Gasteiger partial charge in [0.15, 0.2) is 16.6 Å². The van der Waals surface area contributed by atoms with E-state index in [-0.39, 0.29) is 17.7 Å². The van der Waals surface area contributed by atoms with Crippen LogP contribution in [0.25, 0.3) is 5.65 Å². The molecule has 1 amide bonds. The number of carbonyl (C=O) groups is 1.